The summed E-state index contributed by atoms with van der Waals surface area (Å²) in [6.07, 6.45) is 3.05. The van der Waals surface area contributed by atoms with Gasteiger partial charge < -0.3 is 46.5 Å². The Morgan fingerprint density at radius 1 is 0.614 bits per heavy atom. The van der Waals surface area contributed by atoms with E-state index in [1.807, 2.05) is 18.2 Å². The van der Waals surface area contributed by atoms with Gasteiger partial charge in [-0.05, 0) is 100 Å². The normalized spacial score (nSPS) is 20.4. The van der Waals surface area contributed by atoms with Gasteiger partial charge >= 0.3 is 24.1 Å². The quantitative estimate of drug-likeness (QED) is 0.0240. The molecule has 3 aromatic carbocycles. The number of nitrogens with one attached hydrogen (secondary N) is 5. The molecular weight excluding hydrogens is 1100 g/mol. The highest BCUT2D eigenvalue weighted by molar-refractivity contribution is 5.94. The number of hydrogen-bond acceptors (Lipinski definition) is 19. The Morgan fingerprint density at radius 2 is 1.04 bits per heavy atom. The molecule has 22 nitrogen and oxygen atoms in total. The van der Waals surface area contributed by atoms with E-state index >= 15 is 0 Å². The van der Waals surface area contributed by atoms with Crippen molar-refractivity contribution in [3.63, 3.8) is 0 Å². The summed E-state index contributed by atoms with van der Waals surface area (Å²) in [7, 11) is 0. The Bertz CT molecular complexity index is 2900. The summed E-state index contributed by atoms with van der Waals surface area (Å²) in [5.74, 6) is 0.0996. The Morgan fingerprint density at radius 3 is 1.43 bits per heavy atom. The van der Waals surface area contributed by atoms with Crippen molar-refractivity contribution in [2.75, 3.05) is 73.7 Å². The highest BCUT2D eigenvalue weighted by Crippen LogP contribution is 2.34. The molecule has 83 heavy (non-hydrogen) atoms. The van der Waals surface area contributed by atoms with Crippen molar-refractivity contribution in [2.45, 2.75) is 114 Å². The number of carbonyl (C=O) groups excluding carboxylic acids is 1. The molecule has 7 N–H and O–H groups in total. The maximum Gasteiger partial charge on any atom is 0.573 e. The van der Waals surface area contributed by atoms with E-state index < -0.39 is 22.6 Å². The smallest absolute Gasteiger partial charge is 0.405 e. The number of amides is 1. The zero-order valence-electron chi connectivity index (χ0n) is 45.5. The van der Waals surface area contributed by atoms with Gasteiger partial charge in [0.1, 0.15) is 23.9 Å². The van der Waals surface area contributed by atoms with E-state index in [0.717, 1.165) is 103 Å². The fourth-order valence-electron chi connectivity index (χ4n) is 10.6. The second-order valence-corrected chi connectivity index (χ2v) is 21.0. The highest BCUT2D eigenvalue weighted by atomic mass is 19.4. The first-order valence-corrected chi connectivity index (χ1v) is 27.7. The second kappa shape index (κ2) is 29.0. The number of para-hydroxylation sites is 2. The van der Waals surface area contributed by atoms with Crippen LogP contribution in [0.4, 0.5) is 61.2 Å². The molecule has 3 saturated heterocycles. The average molecular weight is 1170 g/mol. The summed E-state index contributed by atoms with van der Waals surface area (Å²) in [6.45, 7) is 6.42. The third-order valence-corrected chi connectivity index (χ3v) is 15.0. The molecule has 2 saturated carbocycles. The Labute approximate surface area is 475 Å². The molecule has 5 heterocycles. The molecule has 2 aromatic heterocycles. The summed E-state index contributed by atoms with van der Waals surface area (Å²) < 4.78 is 89.2. The van der Waals surface area contributed by atoms with Gasteiger partial charge in [0.15, 0.2) is 0 Å². The van der Waals surface area contributed by atoms with Crippen molar-refractivity contribution in [2.24, 2.45) is 17.6 Å². The van der Waals surface area contributed by atoms with Crippen LogP contribution in [0.3, 0.4) is 0 Å². The van der Waals surface area contributed by atoms with Crippen LogP contribution in [0.5, 0.6) is 11.5 Å². The van der Waals surface area contributed by atoms with Crippen LogP contribution in [-0.2, 0) is 17.8 Å². The molecule has 28 heteroatoms. The van der Waals surface area contributed by atoms with Gasteiger partial charge in [-0.2, -0.15) is 9.97 Å². The number of nitrogens with zero attached hydrogens (tertiary/aromatic N) is 8. The van der Waals surface area contributed by atoms with Gasteiger partial charge in [-0.3, -0.25) is 34.8 Å². The van der Waals surface area contributed by atoms with E-state index in [2.05, 4.69) is 65.8 Å². The number of alkyl halides is 6. The lowest BCUT2D eigenvalue weighted by molar-refractivity contribution is -0.384. The number of anilines is 4. The maximum atomic E-state index is 12.7. The van der Waals surface area contributed by atoms with E-state index in [1.165, 1.54) is 49.2 Å². The number of ether oxygens (including phenoxy) is 3. The zero-order valence-corrected chi connectivity index (χ0v) is 45.5. The number of hydrogen-bond donors (Lipinski definition) is 6. The molecule has 0 radical (unpaired) electrons. The lowest BCUT2D eigenvalue weighted by Crippen LogP contribution is -2.62. The van der Waals surface area contributed by atoms with E-state index in [-0.39, 0.29) is 88.6 Å². The summed E-state index contributed by atoms with van der Waals surface area (Å²) in [6, 6.07) is 21.9. The van der Waals surface area contributed by atoms with Crippen LogP contribution in [-0.4, -0.2) is 135 Å². The van der Waals surface area contributed by atoms with Crippen molar-refractivity contribution in [3.05, 3.63) is 128 Å². The predicted octanol–water partition coefficient (Wildman–Crippen LogP) is 9.29. The number of benzene rings is 3. The topological polar surface area (TPSA) is 275 Å². The number of nitro groups is 2. The van der Waals surface area contributed by atoms with Crippen LogP contribution in [0.15, 0.2) is 91.3 Å². The first kappa shape index (κ1) is 61.4. The highest BCUT2D eigenvalue weighted by Gasteiger charge is 2.37. The molecule has 0 atom stereocenters. The average Bonchev–Trinajstić information content (AvgIpc) is 4.18. The third kappa shape index (κ3) is 18.9. The van der Waals surface area contributed by atoms with Gasteiger partial charge in [0.2, 0.25) is 23.5 Å². The fraction of sp³-hybridized carbons (Fsp3) is 0.509. The number of rotatable bonds is 20. The van der Waals surface area contributed by atoms with Crippen molar-refractivity contribution in [1.29, 1.82) is 0 Å². The van der Waals surface area contributed by atoms with Crippen molar-refractivity contribution >= 4 is 40.8 Å². The van der Waals surface area contributed by atoms with Gasteiger partial charge in [0, 0.05) is 100 Å². The standard InChI is InChI=1S/C29H32F3N7O4.C22H28F3N7O3.C4H8O/c30-29(31,32)43-25-9-5-4-8-21(25)15-34-28-35-16-24(39(41)42)26(37-28)33-14-19-10-12-23(13-11-19)38-17-22(18-38)36-27(40)20-6-2-1-3-7-20;23-22(24,25)35-19-4-2-1-3-15(19)10-28-21-29-11-18(32(33)34)20(30-21)27-9-14-5-7-17(8-6-14)31-12-16(26)13-31;1-2-4-5-3-1/h1-9,16,19,22-23H,10-15,17-18H2,(H,36,40)(H2,33,34,35,37);1-4,11,14,16-17H,5-10,12-13,26H2,(H2,27,28,29,30);1-4H2. The van der Waals surface area contributed by atoms with E-state index in [0.29, 0.717) is 42.6 Å². The summed E-state index contributed by atoms with van der Waals surface area (Å²) in [5, 5.41) is 37.9. The van der Waals surface area contributed by atoms with E-state index in [1.54, 1.807) is 24.3 Å². The molecule has 5 aliphatic rings. The van der Waals surface area contributed by atoms with Crippen LogP contribution < -0.4 is 41.8 Å². The minimum Gasteiger partial charge on any atom is -0.405 e. The SMILES string of the molecule is C1CCOC1.NC1CN(C2CCC(CNc3nc(NCc4ccccc4OC(F)(F)F)ncc3[N+](=O)[O-])CC2)C1.O=C(NC1CN(C2CCC(CNc3nc(NCc4ccccc4OC(F)(F)F)ncc3[N+](=O)[O-])CC2)C1)c1ccccc1. The second-order valence-electron chi connectivity index (χ2n) is 21.0. The van der Waals surface area contributed by atoms with E-state index in [4.69, 9.17) is 10.5 Å². The molecule has 0 spiro atoms. The zero-order chi connectivity index (χ0) is 58.9. The molecule has 0 bridgehead atoms. The van der Waals surface area contributed by atoms with Crippen LogP contribution in [0.1, 0.15) is 85.7 Å². The van der Waals surface area contributed by atoms with Gasteiger partial charge in [-0.25, -0.2) is 9.97 Å². The number of nitrogens with two attached hydrogens (primary N) is 1. The molecule has 5 fully saturated rings. The monoisotopic (exact) mass is 1170 g/mol. The number of likely N-dealkylation sites (tertiary alicyclic amines) is 2. The first-order valence-electron chi connectivity index (χ1n) is 27.7. The Kier molecular flexibility index (Phi) is 21.5. The number of aromatic nitrogens is 4. The van der Waals surface area contributed by atoms with Gasteiger partial charge in [0.25, 0.3) is 5.91 Å². The minimum absolute atomic E-state index is 0.0327. The van der Waals surface area contributed by atoms with Crippen LogP contribution in [0, 0.1) is 32.1 Å². The predicted molar refractivity (Wildman–Crippen MR) is 296 cm³/mol. The summed E-state index contributed by atoms with van der Waals surface area (Å²) >= 11 is 0. The Hall–Kier alpha value is -7.69. The Balaban J connectivity index is 0.000000203. The molecule has 10 rings (SSSR count). The van der Waals surface area contributed by atoms with Crippen molar-refractivity contribution < 1.29 is 55.2 Å². The van der Waals surface area contributed by atoms with Crippen LogP contribution in [0.2, 0.25) is 0 Å². The van der Waals surface area contributed by atoms with Gasteiger partial charge in [-0.15, -0.1) is 26.3 Å². The minimum atomic E-state index is -4.84. The fourth-order valence-corrected chi connectivity index (χ4v) is 10.6. The lowest BCUT2D eigenvalue weighted by atomic mass is 9.84. The molecule has 1 amide bonds. The molecule has 448 valence electrons. The third-order valence-electron chi connectivity index (χ3n) is 15.0. The number of carbonyl (C=O) groups is 1. The lowest BCUT2D eigenvalue weighted by Gasteiger charge is -2.46. The van der Waals surface area contributed by atoms with Crippen molar-refractivity contribution in [1.82, 2.24) is 35.1 Å². The number of halogens is 6. The van der Waals surface area contributed by atoms with Crippen LogP contribution >= 0.6 is 0 Å². The van der Waals surface area contributed by atoms with Crippen molar-refractivity contribution in [3.8, 4) is 11.5 Å². The molecule has 2 aliphatic carbocycles. The van der Waals surface area contributed by atoms with E-state index in [9.17, 15) is 51.4 Å². The van der Waals surface area contributed by atoms with Gasteiger partial charge in [-0.1, -0.05) is 54.6 Å². The largest absolute Gasteiger partial charge is 0.573 e. The van der Waals surface area contributed by atoms with Crippen LogP contribution in [0.25, 0.3) is 0 Å². The molecule has 5 aromatic rings. The van der Waals surface area contributed by atoms with Gasteiger partial charge in [0.05, 0.1) is 15.9 Å². The maximum absolute atomic E-state index is 12.7. The molecule has 3 aliphatic heterocycles. The molecule has 0 unspecified atom stereocenters. The summed E-state index contributed by atoms with van der Waals surface area (Å²) in [4.78, 5) is 55.4. The summed E-state index contributed by atoms with van der Waals surface area (Å²) in [5.41, 5.74) is 6.44. The molecular formula is C55H68F6N14O8. The first-order chi connectivity index (χ1) is 39.8.